The number of furan rings is 1. The van der Waals surface area contributed by atoms with Crippen LogP contribution in [0.1, 0.15) is 32.2 Å². The fourth-order valence-corrected chi connectivity index (χ4v) is 2.92. The number of hydrogen-bond acceptors (Lipinski definition) is 7. The minimum Gasteiger partial charge on any atom is -0.507 e. The SMILES string of the molecule is CNCCOc1cc(O)c2c3c(oc2c1)C(=O)c1ncccc1C3=O. The number of ether oxygens (including phenoxy) is 1. The Labute approximate surface area is 142 Å². The van der Waals surface area contributed by atoms with Crippen molar-refractivity contribution in [3.63, 3.8) is 0 Å². The van der Waals surface area contributed by atoms with Crippen molar-refractivity contribution >= 4 is 22.5 Å². The molecule has 1 aliphatic carbocycles. The average Bonchev–Trinajstić information content (AvgIpc) is 3.00. The zero-order valence-corrected chi connectivity index (χ0v) is 13.3. The summed E-state index contributed by atoms with van der Waals surface area (Å²) in [7, 11) is 1.80. The van der Waals surface area contributed by atoms with Crippen LogP contribution in [0.25, 0.3) is 11.0 Å². The second kappa shape index (κ2) is 5.71. The highest BCUT2D eigenvalue weighted by Gasteiger charge is 2.37. The Morgan fingerprint density at radius 3 is 2.92 bits per heavy atom. The van der Waals surface area contributed by atoms with Gasteiger partial charge in [-0.1, -0.05) is 0 Å². The van der Waals surface area contributed by atoms with E-state index in [2.05, 4.69) is 10.3 Å². The molecule has 2 N–H and O–H groups in total. The van der Waals surface area contributed by atoms with E-state index in [1.54, 1.807) is 19.2 Å². The van der Waals surface area contributed by atoms with Crippen LogP contribution in [0.15, 0.2) is 34.9 Å². The number of aromatic nitrogens is 1. The number of benzene rings is 1. The van der Waals surface area contributed by atoms with E-state index < -0.39 is 11.6 Å². The Bertz CT molecular complexity index is 1020. The normalized spacial score (nSPS) is 13.0. The van der Waals surface area contributed by atoms with Gasteiger partial charge in [-0.15, -0.1) is 0 Å². The first-order chi connectivity index (χ1) is 12.1. The van der Waals surface area contributed by atoms with Crippen LogP contribution in [0.4, 0.5) is 0 Å². The predicted molar refractivity (Wildman–Crippen MR) is 88.4 cm³/mol. The molecule has 7 nitrogen and oxygen atoms in total. The van der Waals surface area contributed by atoms with Crippen molar-refractivity contribution < 1.29 is 23.8 Å². The number of phenolic OH excluding ortho intramolecular Hbond substituents is 1. The summed E-state index contributed by atoms with van der Waals surface area (Å²) in [5, 5.41) is 13.5. The lowest BCUT2D eigenvalue weighted by Crippen LogP contribution is -2.20. The summed E-state index contributed by atoms with van der Waals surface area (Å²) in [4.78, 5) is 29.4. The number of likely N-dealkylation sites (N-methyl/N-ethyl adjacent to an activating group) is 1. The van der Waals surface area contributed by atoms with Gasteiger partial charge in [0.15, 0.2) is 11.5 Å². The first-order valence-electron chi connectivity index (χ1n) is 7.73. The van der Waals surface area contributed by atoms with Crippen LogP contribution in [0.2, 0.25) is 0 Å². The zero-order chi connectivity index (χ0) is 17.6. The molecule has 0 aliphatic heterocycles. The van der Waals surface area contributed by atoms with Crippen LogP contribution in [0, 0.1) is 0 Å². The van der Waals surface area contributed by atoms with E-state index in [4.69, 9.17) is 9.15 Å². The maximum Gasteiger partial charge on any atom is 0.248 e. The molecule has 0 unspecified atom stereocenters. The van der Waals surface area contributed by atoms with Gasteiger partial charge in [-0.25, -0.2) is 0 Å². The highest BCUT2D eigenvalue weighted by molar-refractivity contribution is 6.31. The van der Waals surface area contributed by atoms with Gasteiger partial charge in [0.05, 0.1) is 16.5 Å². The van der Waals surface area contributed by atoms with Gasteiger partial charge in [-0.2, -0.15) is 0 Å². The largest absolute Gasteiger partial charge is 0.507 e. The number of rotatable bonds is 4. The summed E-state index contributed by atoms with van der Waals surface area (Å²) in [6.07, 6.45) is 1.45. The monoisotopic (exact) mass is 338 g/mol. The number of ketones is 2. The average molecular weight is 338 g/mol. The van der Waals surface area contributed by atoms with Crippen LogP contribution in [0.5, 0.6) is 11.5 Å². The van der Waals surface area contributed by atoms with E-state index in [1.165, 1.54) is 18.3 Å². The van der Waals surface area contributed by atoms with Crippen LogP contribution >= 0.6 is 0 Å². The van der Waals surface area contributed by atoms with Crippen molar-refractivity contribution in [2.45, 2.75) is 0 Å². The summed E-state index contributed by atoms with van der Waals surface area (Å²) >= 11 is 0. The summed E-state index contributed by atoms with van der Waals surface area (Å²) in [6.45, 7) is 1.03. The molecule has 0 saturated carbocycles. The van der Waals surface area contributed by atoms with Gasteiger partial charge in [-0.3, -0.25) is 14.6 Å². The smallest absolute Gasteiger partial charge is 0.248 e. The van der Waals surface area contributed by atoms with E-state index in [1.807, 2.05) is 0 Å². The first kappa shape index (κ1) is 15.3. The molecular weight excluding hydrogens is 324 g/mol. The summed E-state index contributed by atoms with van der Waals surface area (Å²) < 4.78 is 11.1. The third-order valence-electron chi connectivity index (χ3n) is 4.07. The lowest BCUT2D eigenvalue weighted by Gasteiger charge is -2.11. The predicted octanol–water partition coefficient (Wildman–Crippen LogP) is 1.91. The minimum absolute atomic E-state index is 0.0593. The molecule has 0 bridgehead atoms. The molecular formula is C18H14N2O5. The third kappa shape index (κ3) is 2.28. The van der Waals surface area contributed by atoms with Gasteiger partial charge in [-0.05, 0) is 19.2 Å². The number of hydrogen-bond donors (Lipinski definition) is 2. The van der Waals surface area contributed by atoms with Crippen molar-refractivity contribution in [3.05, 3.63) is 53.0 Å². The van der Waals surface area contributed by atoms with Crippen molar-refractivity contribution in [2.24, 2.45) is 0 Å². The molecule has 7 heteroatoms. The summed E-state index contributed by atoms with van der Waals surface area (Å²) in [5.41, 5.74) is 0.555. The zero-order valence-electron chi connectivity index (χ0n) is 13.3. The molecule has 0 radical (unpaired) electrons. The Morgan fingerprint density at radius 2 is 2.12 bits per heavy atom. The van der Waals surface area contributed by atoms with Crippen LogP contribution in [-0.2, 0) is 0 Å². The molecule has 1 aliphatic rings. The third-order valence-corrected chi connectivity index (χ3v) is 4.07. The van der Waals surface area contributed by atoms with Crippen molar-refractivity contribution in [1.82, 2.24) is 10.3 Å². The molecule has 0 fully saturated rings. The molecule has 126 valence electrons. The second-order valence-electron chi connectivity index (χ2n) is 5.63. The maximum atomic E-state index is 12.8. The molecule has 1 aromatic carbocycles. The quantitative estimate of drug-likeness (QED) is 0.548. The van der Waals surface area contributed by atoms with Crippen molar-refractivity contribution in [1.29, 1.82) is 0 Å². The standard InChI is InChI=1S/C18H14N2O5/c1-19-5-6-24-9-7-11(21)13-12(8-9)25-18-14(13)16(22)10-3-2-4-20-15(10)17(18)23/h2-4,7-8,19,21H,5-6H2,1H3. The highest BCUT2D eigenvalue weighted by Crippen LogP contribution is 2.40. The van der Waals surface area contributed by atoms with E-state index in [0.717, 1.165) is 0 Å². The van der Waals surface area contributed by atoms with Gasteiger partial charge < -0.3 is 19.6 Å². The lowest BCUT2D eigenvalue weighted by atomic mass is 9.90. The molecule has 0 spiro atoms. The number of carbonyl (C=O) groups is 2. The van der Waals surface area contributed by atoms with E-state index in [0.29, 0.717) is 18.9 Å². The van der Waals surface area contributed by atoms with Crippen LogP contribution in [-0.4, -0.2) is 41.9 Å². The van der Waals surface area contributed by atoms with E-state index in [-0.39, 0.29) is 39.3 Å². The van der Waals surface area contributed by atoms with Crippen molar-refractivity contribution in [2.75, 3.05) is 20.2 Å². The minimum atomic E-state index is -0.474. The number of aromatic hydroxyl groups is 1. The number of nitrogens with zero attached hydrogens (tertiary/aromatic N) is 1. The van der Waals surface area contributed by atoms with Gasteiger partial charge >= 0.3 is 0 Å². The maximum absolute atomic E-state index is 12.8. The molecule has 25 heavy (non-hydrogen) atoms. The molecule has 3 aromatic rings. The van der Waals surface area contributed by atoms with Crippen LogP contribution < -0.4 is 10.1 Å². The molecule has 4 rings (SSSR count). The fourth-order valence-electron chi connectivity index (χ4n) is 2.92. The Kier molecular flexibility index (Phi) is 3.51. The summed E-state index contributed by atoms with van der Waals surface area (Å²) in [6, 6.07) is 6.09. The first-order valence-corrected chi connectivity index (χ1v) is 7.73. The van der Waals surface area contributed by atoms with Gasteiger partial charge in [0.25, 0.3) is 0 Å². The van der Waals surface area contributed by atoms with E-state index in [9.17, 15) is 14.7 Å². The number of nitrogens with one attached hydrogen (secondary N) is 1. The Hall–Kier alpha value is -3.19. The molecule has 2 heterocycles. The van der Waals surface area contributed by atoms with Gasteiger partial charge in [0.1, 0.15) is 29.4 Å². The van der Waals surface area contributed by atoms with Gasteiger partial charge in [0.2, 0.25) is 5.78 Å². The van der Waals surface area contributed by atoms with Crippen molar-refractivity contribution in [3.8, 4) is 11.5 Å². The number of phenols is 1. The summed E-state index contributed by atoms with van der Waals surface area (Å²) in [5.74, 6) is -0.750. The van der Waals surface area contributed by atoms with Crippen LogP contribution in [0.3, 0.4) is 0 Å². The highest BCUT2D eigenvalue weighted by atomic mass is 16.5. The topological polar surface area (TPSA) is 102 Å². The second-order valence-corrected chi connectivity index (χ2v) is 5.63. The molecule has 0 atom stereocenters. The lowest BCUT2D eigenvalue weighted by molar-refractivity contribution is 0.0958. The fraction of sp³-hybridized carbons (Fsp3) is 0.167. The molecule has 2 aromatic heterocycles. The number of fused-ring (bicyclic) bond motifs is 4. The Balaban J connectivity index is 1.87. The Morgan fingerprint density at radius 1 is 1.28 bits per heavy atom. The number of carbonyl (C=O) groups excluding carboxylic acids is 2. The molecule has 0 saturated heterocycles. The van der Waals surface area contributed by atoms with Gasteiger partial charge in [0, 0.05) is 24.9 Å². The molecule has 0 amide bonds. The van der Waals surface area contributed by atoms with E-state index >= 15 is 0 Å². The number of pyridine rings is 1.